The van der Waals surface area contributed by atoms with Crippen LogP contribution >= 0.6 is 23.1 Å². The highest BCUT2D eigenvalue weighted by Gasteiger charge is 2.26. The van der Waals surface area contributed by atoms with Gasteiger partial charge in [0.2, 0.25) is 5.91 Å². The van der Waals surface area contributed by atoms with Crippen LogP contribution in [0.25, 0.3) is 10.2 Å². The summed E-state index contributed by atoms with van der Waals surface area (Å²) < 4.78 is 6.90. The molecule has 8 heteroatoms. The van der Waals surface area contributed by atoms with Crippen molar-refractivity contribution in [2.45, 2.75) is 50.8 Å². The van der Waals surface area contributed by atoms with Gasteiger partial charge in [0.15, 0.2) is 10.3 Å². The number of anilines is 1. The number of thiazole rings is 1. The summed E-state index contributed by atoms with van der Waals surface area (Å²) in [7, 11) is 0. The first kappa shape index (κ1) is 21.2. The lowest BCUT2D eigenvalue weighted by atomic mass is 10.1. The van der Waals surface area contributed by atoms with Gasteiger partial charge in [0, 0.05) is 24.4 Å². The van der Waals surface area contributed by atoms with E-state index in [0.717, 1.165) is 56.9 Å². The Morgan fingerprint density at radius 3 is 2.67 bits per heavy atom. The number of ether oxygens (including phenoxy) is 1. The summed E-state index contributed by atoms with van der Waals surface area (Å²) in [6.07, 6.45) is 5.09. The zero-order valence-corrected chi connectivity index (χ0v) is 19.2. The van der Waals surface area contributed by atoms with Crippen LogP contribution in [0.4, 0.5) is 5.13 Å². The van der Waals surface area contributed by atoms with Crippen molar-refractivity contribution in [3.8, 4) is 0 Å². The molecule has 0 aliphatic carbocycles. The molecule has 158 valence electrons. The van der Waals surface area contributed by atoms with Crippen molar-refractivity contribution in [1.29, 1.82) is 0 Å². The molecule has 4 rings (SSSR count). The minimum Gasteiger partial charge on any atom is -0.376 e. The molecule has 1 aromatic carbocycles. The Hall–Kier alpha value is -2.03. The van der Waals surface area contributed by atoms with Gasteiger partial charge in [0.1, 0.15) is 0 Å². The molecule has 0 saturated carbocycles. The maximum absolute atomic E-state index is 13.3. The van der Waals surface area contributed by atoms with Crippen LogP contribution in [0.1, 0.15) is 36.2 Å². The van der Waals surface area contributed by atoms with Gasteiger partial charge in [0.05, 0.1) is 22.9 Å². The van der Waals surface area contributed by atoms with E-state index in [2.05, 4.69) is 9.97 Å². The number of hydrogen-bond donors (Lipinski definition) is 0. The largest absolute Gasteiger partial charge is 0.376 e. The van der Waals surface area contributed by atoms with Crippen LogP contribution in [-0.4, -0.2) is 46.4 Å². The first-order valence-corrected chi connectivity index (χ1v) is 12.2. The Morgan fingerprint density at radius 1 is 1.23 bits per heavy atom. The smallest absolute Gasteiger partial charge is 0.229 e. The van der Waals surface area contributed by atoms with Gasteiger partial charge in [-0.15, -0.1) is 0 Å². The second-order valence-corrected chi connectivity index (χ2v) is 9.25. The molecule has 6 nitrogen and oxygen atoms in total. The fourth-order valence-corrected chi connectivity index (χ4v) is 5.23. The third-order valence-corrected chi connectivity index (χ3v) is 7.00. The number of rotatable bonds is 7. The SMILES string of the molecule is CSc1nc(C)c(CCC(=O)N(C[C@H]2CCCO2)c2nc3ccccc3s2)c(C)n1. The minimum absolute atomic E-state index is 0.0669. The Bertz CT molecular complexity index is 991. The van der Waals surface area contributed by atoms with Crippen LogP contribution in [0.5, 0.6) is 0 Å². The molecular formula is C22H26N4O2S2. The molecule has 0 spiro atoms. The molecular weight excluding hydrogens is 416 g/mol. The molecule has 30 heavy (non-hydrogen) atoms. The molecule has 0 N–H and O–H groups in total. The number of thioether (sulfide) groups is 1. The molecule has 2 aromatic heterocycles. The van der Waals surface area contributed by atoms with E-state index in [4.69, 9.17) is 9.72 Å². The number of nitrogens with zero attached hydrogens (tertiary/aromatic N) is 4. The lowest BCUT2D eigenvalue weighted by Crippen LogP contribution is -2.37. The zero-order chi connectivity index (χ0) is 21.1. The first-order valence-electron chi connectivity index (χ1n) is 10.2. The van der Waals surface area contributed by atoms with Gasteiger partial charge in [-0.3, -0.25) is 9.69 Å². The summed E-state index contributed by atoms with van der Waals surface area (Å²) in [6.45, 7) is 5.31. The van der Waals surface area contributed by atoms with E-state index in [0.29, 0.717) is 19.4 Å². The Balaban J connectivity index is 1.55. The number of carbonyl (C=O) groups is 1. The Morgan fingerprint density at radius 2 is 2.00 bits per heavy atom. The average molecular weight is 443 g/mol. The maximum Gasteiger partial charge on any atom is 0.229 e. The van der Waals surface area contributed by atoms with E-state index in [1.165, 1.54) is 11.8 Å². The zero-order valence-electron chi connectivity index (χ0n) is 17.6. The highest BCUT2D eigenvalue weighted by molar-refractivity contribution is 7.98. The number of hydrogen-bond acceptors (Lipinski definition) is 7. The van der Waals surface area contributed by atoms with Crippen molar-refractivity contribution >= 4 is 44.4 Å². The van der Waals surface area contributed by atoms with Gasteiger partial charge < -0.3 is 4.74 Å². The van der Waals surface area contributed by atoms with Crippen LogP contribution in [0.15, 0.2) is 29.4 Å². The monoisotopic (exact) mass is 442 g/mol. The Labute approximate surface area is 185 Å². The van der Waals surface area contributed by atoms with Crippen molar-refractivity contribution in [1.82, 2.24) is 15.0 Å². The van der Waals surface area contributed by atoms with Gasteiger partial charge in [-0.25, -0.2) is 15.0 Å². The number of amides is 1. The van der Waals surface area contributed by atoms with E-state index in [1.54, 1.807) is 11.3 Å². The molecule has 1 saturated heterocycles. The van der Waals surface area contributed by atoms with Crippen LogP contribution in [0.2, 0.25) is 0 Å². The molecule has 0 radical (unpaired) electrons. The maximum atomic E-state index is 13.3. The third kappa shape index (κ3) is 4.66. The number of carbonyl (C=O) groups excluding carboxylic acids is 1. The summed E-state index contributed by atoms with van der Waals surface area (Å²) in [4.78, 5) is 29.0. The van der Waals surface area contributed by atoms with Gasteiger partial charge in [-0.1, -0.05) is 35.2 Å². The fourth-order valence-electron chi connectivity index (χ4n) is 3.78. The van der Waals surface area contributed by atoms with Crippen molar-refractivity contribution in [3.05, 3.63) is 41.2 Å². The van der Waals surface area contributed by atoms with Crippen molar-refractivity contribution < 1.29 is 9.53 Å². The number of aromatic nitrogens is 3. The minimum atomic E-state index is 0.0669. The van der Waals surface area contributed by atoms with E-state index in [-0.39, 0.29) is 12.0 Å². The normalized spacial score (nSPS) is 16.3. The molecule has 0 unspecified atom stereocenters. The second kappa shape index (κ2) is 9.41. The molecule has 3 heterocycles. The number of aryl methyl sites for hydroxylation is 2. The lowest BCUT2D eigenvalue weighted by Gasteiger charge is -2.23. The fraction of sp³-hybridized carbons (Fsp3) is 0.455. The highest BCUT2D eigenvalue weighted by atomic mass is 32.2. The van der Waals surface area contributed by atoms with E-state index < -0.39 is 0 Å². The molecule has 0 bridgehead atoms. The molecule has 3 aromatic rings. The third-order valence-electron chi connectivity index (χ3n) is 5.40. The molecule has 1 amide bonds. The van der Waals surface area contributed by atoms with Gasteiger partial charge in [0.25, 0.3) is 0 Å². The van der Waals surface area contributed by atoms with Gasteiger partial charge in [-0.2, -0.15) is 0 Å². The topological polar surface area (TPSA) is 68.2 Å². The summed E-state index contributed by atoms with van der Waals surface area (Å²) in [5.74, 6) is 0.0669. The predicted molar refractivity (Wildman–Crippen MR) is 123 cm³/mol. The van der Waals surface area contributed by atoms with Crippen molar-refractivity contribution in [3.63, 3.8) is 0 Å². The summed E-state index contributed by atoms with van der Waals surface area (Å²) >= 11 is 3.09. The summed E-state index contributed by atoms with van der Waals surface area (Å²) in [5.41, 5.74) is 3.88. The first-order chi connectivity index (χ1) is 14.5. The van der Waals surface area contributed by atoms with E-state index in [9.17, 15) is 4.79 Å². The molecule has 1 atom stereocenters. The number of para-hydroxylation sites is 1. The lowest BCUT2D eigenvalue weighted by molar-refractivity contribution is -0.119. The summed E-state index contributed by atoms with van der Waals surface area (Å²) in [6, 6.07) is 8.01. The molecule has 1 fully saturated rings. The van der Waals surface area contributed by atoms with Gasteiger partial charge in [-0.05, 0) is 57.1 Å². The standard InChI is InChI=1S/C22H26N4O2S2/c1-14-17(15(2)24-21(23-14)29-3)10-11-20(27)26(13-16-7-6-12-28-16)22-25-18-8-4-5-9-19(18)30-22/h4-5,8-9,16H,6-7,10-13H2,1-3H3/t16-/m1/s1. The number of benzene rings is 1. The van der Waals surface area contributed by atoms with Crippen LogP contribution in [-0.2, 0) is 16.0 Å². The quantitative estimate of drug-likeness (QED) is 0.394. The van der Waals surface area contributed by atoms with Gasteiger partial charge >= 0.3 is 0 Å². The van der Waals surface area contributed by atoms with Crippen molar-refractivity contribution in [2.24, 2.45) is 0 Å². The molecule has 1 aliphatic rings. The van der Waals surface area contributed by atoms with E-state index in [1.807, 2.05) is 49.3 Å². The summed E-state index contributed by atoms with van der Waals surface area (Å²) in [5, 5.41) is 1.52. The Kier molecular flexibility index (Phi) is 6.65. The van der Waals surface area contributed by atoms with E-state index >= 15 is 0 Å². The predicted octanol–water partition coefficient (Wildman–Crippen LogP) is 4.57. The van der Waals surface area contributed by atoms with Crippen LogP contribution in [0.3, 0.4) is 0 Å². The van der Waals surface area contributed by atoms with Crippen molar-refractivity contribution in [2.75, 3.05) is 24.3 Å². The number of fused-ring (bicyclic) bond motifs is 1. The highest BCUT2D eigenvalue weighted by Crippen LogP contribution is 2.30. The van der Waals surface area contributed by atoms with Crippen LogP contribution < -0.4 is 4.90 Å². The second-order valence-electron chi connectivity index (χ2n) is 7.46. The van der Waals surface area contributed by atoms with Crippen LogP contribution in [0, 0.1) is 13.8 Å². The average Bonchev–Trinajstić information content (AvgIpc) is 3.40. The molecule has 1 aliphatic heterocycles.